The number of anilines is 1. The molecular weight excluding hydrogens is 510 g/mol. The molecule has 0 saturated heterocycles. The van der Waals surface area contributed by atoms with Gasteiger partial charge in [-0.05, 0) is 62.6 Å². The number of fused-ring (bicyclic) bond motifs is 1. The zero-order chi connectivity index (χ0) is 27.4. The summed E-state index contributed by atoms with van der Waals surface area (Å²) in [6.45, 7) is 1.23. The zero-order valence-corrected chi connectivity index (χ0v) is 22.4. The minimum Gasteiger partial charge on any atom is -0.494 e. The molecule has 5 aromatic rings. The molecule has 0 atom stereocenters. The Kier molecular flexibility index (Phi) is 7.72. The van der Waals surface area contributed by atoms with Crippen LogP contribution >= 0.6 is 11.6 Å². The van der Waals surface area contributed by atoms with Crippen LogP contribution in [0.15, 0.2) is 102 Å². The molecule has 0 fully saturated rings. The molecule has 3 aromatic carbocycles. The number of nitrogens with one attached hydrogen (secondary N) is 1. The van der Waals surface area contributed by atoms with E-state index in [1.807, 2.05) is 79.7 Å². The molecule has 2 heterocycles. The van der Waals surface area contributed by atoms with Crippen LogP contribution in [0.2, 0.25) is 5.02 Å². The fraction of sp³-hybridized carbons (Fsp3) is 0.129. The Morgan fingerprint density at radius 1 is 0.923 bits per heavy atom. The third-order valence-electron chi connectivity index (χ3n) is 6.37. The van der Waals surface area contributed by atoms with Gasteiger partial charge >= 0.3 is 0 Å². The number of rotatable bonds is 8. The van der Waals surface area contributed by atoms with Gasteiger partial charge in [0.2, 0.25) is 0 Å². The molecule has 7 nitrogen and oxygen atoms in total. The van der Waals surface area contributed by atoms with E-state index in [4.69, 9.17) is 16.6 Å². The maximum absolute atomic E-state index is 13.4. The van der Waals surface area contributed by atoms with Crippen LogP contribution in [0.5, 0.6) is 5.88 Å². The van der Waals surface area contributed by atoms with Crippen LogP contribution in [0.1, 0.15) is 21.5 Å². The first-order valence-electron chi connectivity index (χ1n) is 12.5. The van der Waals surface area contributed by atoms with Gasteiger partial charge in [0.15, 0.2) is 5.88 Å². The van der Waals surface area contributed by atoms with Gasteiger partial charge in [-0.25, -0.2) is 4.99 Å². The van der Waals surface area contributed by atoms with E-state index < -0.39 is 0 Å². The van der Waals surface area contributed by atoms with Crippen molar-refractivity contribution in [2.45, 2.75) is 0 Å². The number of aliphatic imine (C=N–C) groups is 1. The van der Waals surface area contributed by atoms with E-state index >= 15 is 0 Å². The number of hydrogen-bond donors (Lipinski definition) is 2. The molecule has 1 amide bonds. The topological polar surface area (TPSA) is 84.8 Å². The second-order valence-corrected chi connectivity index (χ2v) is 9.81. The maximum atomic E-state index is 13.4. The molecule has 0 aliphatic heterocycles. The monoisotopic (exact) mass is 537 g/mol. The van der Waals surface area contributed by atoms with Crippen molar-refractivity contribution < 1.29 is 9.90 Å². The number of amides is 1. The number of benzene rings is 3. The fourth-order valence-corrected chi connectivity index (χ4v) is 4.56. The molecule has 0 spiro atoms. The van der Waals surface area contributed by atoms with Gasteiger partial charge in [0.1, 0.15) is 0 Å². The van der Waals surface area contributed by atoms with Gasteiger partial charge < -0.3 is 19.9 Å². The average Bonchev–Trinajstić information content (AvgIpc) is 3.27. The lowest BCUT2D eigenvalue weighted by Crippen LogP contribution is -2.36. The first-order valence-corrected chi connectivity index (χ1v) is 12.9. The summed E-state index contributed by atoms with van der Waals surface area (Å²) in [5.41, 5.74) is 4.82. The highest BCUT2D eigenvalue weighted by atomic mass is 35.5. The van der Waals surface area contributed by atoms with Crippen LogP contribution in [0.25, 0.3) is 10.9 Å². The molecule has 0 aliphatic rings. The van der Waals surface area contributed by atoms with Crippen LogP contribution in [-0.4, -0.2) is 58.8 Å². The van der Waals surface area contributed by atoms with Crippen LogP contribution in [-0.2, 0) is 0 Å². The molecule has 5 rings (SSSR count). The normalized spacial score (nSPS) is 11.7. The molecule has 8 heteroatoms. The molecule has 0 radical (unpaired) electrons. The lowest BCUT2D eigenvalue weighted by molar-refractivity contribution is 0.0985. The van der Waals surface area contributed by atoms with Gasteiger partial charge in [0.05, 0.1) is 22.5 Å². The van der Waals surface area contributed by atoms with Crippen molar-refractivity contribution in [1.82, 2.24) is 14.9 Å². The van der Waals surface area contributed by atoms with Crippen molar-refractivity contribution >= 4 is 45.5 Å². The van der Waals surface area contributed by atoms with Crippen LogP contribution in [0, 0.1) is 0 Å². The highest BCUT2D eigenvalue weighted by Crippen LogP contribution is 2.33. The lowest BCUT2D eigenvalue weighted by Gasteiger charge is -2.24. The largest absolute Gasteiger partial charge is 0.494 e. The third kappa shape index (κ3) is 5.85. The molecule has 0 aliphatic carbocycles. The summed E-state index contributed by atoms with van der Waals surface area (Å²) in [6.07, 6.45) is 3.24. The Morgan fingerprint density at radius 2 is 1.64 bits per heavy atom. The summed E-state index contributed by atoms with van der Waals surface area (Å²) in [6, 6.07) is 26.1. The van der Waals surface area contributed by atoms with Crippen molar-refractivity contribution in [3.05, 3.63) is 119 Å². The molecule has 0 saturated carbocycles. The summed E-state index contributed by atoms with van der Waals surface area (Å²) >= 11 is 6.18. The maximum Gasteiger partial charge on any atom is 0.258 e. The smallest absolute Gasteiger partial charge is 0.258 e. The van der Waals surface area contributed by atoms with Gasteiger partial charge in [0.25, 0.3) is 5.91 Å². The van der Waals surface area contributed by atoms with E-state index in [0.29, 0.717) is 40.6 Å². The minimum absolute atomic E-state index is 0.0179. The van der Waals surface area contributed by atoms with Gasteiger partial charge in [0, 0.05) is 52.7 Å². The Balaban J connectivity index is 1.55. The van der Waals surface area contributed by atoms with Gasteiger partial charge in [-0.15, -0.1) is 0 Å². The molecule has 2 aromatic heterocycles. The summed E-state index contributed by atoms with van der Waals surface area (Å²) in [5, 5.41) is 12.3. The number of aromatic hydroxyl groups is 1. The van der Waals surface area contributed by atoms with Crippen molar-refractivity contribution in [2.24, 2.45) is 4.99 Å². The van der Waals surface area contributed by atoms with Gasteiger partial charge in [-0.3, -0.25) is 9.78 Å². The standard InChI is InChI=1S/C31H28ClN5O2/c1-36(2)18-19-37(31(39)22-14-16-33-17-15-22)25-11-9-24(10-12-25)34-29(21-6-4-3-5-7-21)28-26-13-8-23(32)20-27(26)35-30(28)38/h3-17,20,35,38H,18-19H2,1-2H3. The Morgan fingerprint density at radius 3 is 2.33 bits per heavy atom. The first-order chi connectivity index (χ1) is 18.9. The number of H-pyrrole nitrogens is 1. The number of hydrogen-bond acceptors (Lipinski definition) is 5. The lowest BCUT2D eigenvalue weighted by atomic mass is 10.0. The molecule has 0 unspecified atom stereocenters. The van der Waals surface area contributed by atoms with E-state index in [2.05, 4.69) is 9.97 Å². The highest BCUT2D eigenvalue weighted by Gasteiger charge is 2.20. The number of carbonyl (C=O) groups is 1. The van der Waals surface area contributed by atoms with E-state index in [9.17, 15) is 9.90 Å². The zero-order valence-electron chi connectivity index (χ0n) is 21.7. The Labute approximate surface area is 232 Å². The van der Waals surface area contributed by atoms with Crippen molar-refractivity contribution in [3.63, 3.8) is 0 Å². The fourth-order valence-electron chi connectivity index (χ4n) is 4.39. The summed E-state index contributed by atoms with van der Waals surface area (Å²) in [7, 11) is 3.96. The van der Waals surface area contributed by atoms with Crippen LogP contribution in [0.4, 0.5) is 11.4 Å². The first kappa shape index (κ1) is 26.2. The quantitative estimate of drug-likeness (QED) is 0.227. The van der Waals surface area contributed by atoms with Crippen LogP contribution in [0.3, 0.4) is 0 Å². The molecule has 0 bridgehead atoms. The summed E-state index contributed by atoms with van der Waals surface area (Å²) in [4.78, 5) is 29.2. The average molecular weight is 538 g/mol. The number of halogens is 1. The number of pyridine rings is 1. The molecule has 2 N–H and O–H groups in total. The van der Waals surface area contributed by atoms with E-state index in [1.54, 1.807) is 41.6 Å². The predicted octanol–water partition coefficient (Wildman–Crippen LogP) is 6.30. The summed E-state index contributed by atoms with van der Waals surface area (Å²) in [5.74, 6) is -0.0767. The van der Waals surface area contributed by atoms with Crippen molar-refractivity contribution in [2.75, 3.05) is 32.1 Å². The number of nitrogens with zero attached hydrogens (tertiary/aromatic N) is 4. The van der Waals surface area contributed by atoms with E-state index in [-0.39, 0.29) is 11.8 Å². The highest BCUT2D eigenvalue weighted by molar-refractivity contribution is 6.31. The SMILES string of the molecule is CN(C)CCN(C(=O)c1ccncc1)c1ccc(N=C(c2ccccc2)c2c(O)[nH]c3cc(Cl)ccc23)cc1. The molecule has 196 valence electrons. The minimum atomic E-state index is -0.0946. The van der Waals surface area contributed by atoms with Crippen LogP contribution < -0.4 is 4.90 Å². The summed E-state index contributed by atoms with van der Waals surface area (Å²) < 4.78 is 0. The van der Waals surface area contributed by atoms with E-state index in [1.165, 1.54) is 0 Å². The number of aromatic nitrogens is 2. The second-order valence-electron chi connectivity index (χ2n) is 9.38. The molecule has 39 heavy (non-hydrogen) atoms. The van der Waals surface area contributed by atoms with E-state index in [0.717, 1.165) is 22.2 Å². The Hall–Kier alpha value is -4.46. The molecular formula is C31H28ClN5O2. The Bertz CT molecular complexity index is 1610. The number of aromatic amines is 1. The number of carbonyl (C=O) groups excluding carboxylic acids is 1. The van der Waals surface area contributed by atoms with Crippen molar-refractivity contribution in [3.8, 4) is 5.88 Å². The number of likely N-dealkylation sites (N-methyl/N-ethyl adjacent to an activating group) is 1. The third-order valence-corrected chi connectivity index (χ3v) is 6.61. The van der Waals surface area contributed by atoms with Gasteiger partial charge in [-0.2, -0.15) is 0 Å². The predicted molar refractivity (Wildman–Crippen MR) is 158 cm³/mol. The second kappa shape index (κ2) is 11.5. The van der Waals surface area contributed by atoms with Gasteiger partial charge in [-0.1, -0.05) is 48.0 Å². The van der Waals surface area contributed by atoms with Crippen molar-refractivity contribution in [1.29, 1.82) is 0 Å².